The number of carboxylic acid groups (broad SMARTS) is 3. The Morgan fingerprint density at radius 2 is 1.33 bits per heavy atom. The number of aromatic nitrogens is 1. The molecule has 5 rings (SSSR count). The standard InChI is InChI=1S/C25H38N4O2.3C2HF3O2/c1-2-29-13-9-25(23(29)30)20-28(18-22-4-3-10-26-16-22)19-24(25)7-11-27(12-8-24)17-21-5-14-31-15-6-21;3*3-2(4,5)1(6)7/h3-4,10,16,21H,2,5-9,11-15,17-20H2,1H3;3*(H,6,7). The molecule has 52 heavy (non-hydrogen) atoms. The molecule has 0 saturated carbocycles. The van der Waals surface area contributed by atoms with Crippen LogP contribution in [0.4, 0.5) is 39.5 Å². The number of pyridine rings is 1. The Morgan fingerprint density at radius 3 is 1.73 bits per heavy atom. The Balaban J connectivity index is 0.000000365. The maximum absolute atomic E-state index is 13.7. The molecule has 3 N–H and O–H groups in total. The Morgan fingerprint density at radius 1 is 0.827 bits per heavy atom. The quantitative estimate of drug-likeness (QED) is 0.361. The number of carboxylic acids is 3. The van der Waals surface area contributed by atoms with E-state index < -0.39 is 36.4 Å². The molecule has 1 unspecified atom stereocenters. The highest BCUT2D eigenvalue weighted by Crippen LogP contribution is 2.58. The molecule has 1 aromatic rings. The van der Waals surface area contributed by atoms with Crippen LogP contribution in [0.3, 0.4) is 0 Å². The number of aliphatic carboxylic acids is 3. The molecule has 1 atom stereocenters. The van der Waals surface area contributed by atoms with Gasteiger partial charge in [-0.25, -0.2) is 14.4 Å². The molecule has 4 aliphatic heterocycles. The highest BCUT2D eigenvalue weighted by atomic mass is 19.4. The SMILES string of the molecule is CCN1CCC2(CN(Cc3cccnc3)CC23CCN(CC2CCOCC2)CC3)C1=O.O=C(O)C(F)(F)F.O=C(O)C(F)(F)F.O=C(O)C(F)(F)F. The minimum atomic E-state index is -5.08. The predicted octanol–water partition coefficient (Wildman–Crippen LogP) is 4.54. The van der Waals surface area contributed by atoms with Gasteiger partial charge in [-0.1, -0.05) is 6.07 Å². The molecule has 21 heteroatoms. The number of amides is 1. The molecular formula is C31H41F9N4O8. The number of halogens is 9. The Labute approximate surface area is 292 Å². The van der Waals surface area contributed by atoms with Crippen LogP contribution in [0.15, 0.2) is 24.5 Å². The molecule has 5 heterocycles. The molecular weight excluding hydrogens is 727 g/mol. The number of carbonyl (C=O) groups excluding carboxylic acids is 1. The van der Waals surface area contributed by atoms with Crippen molar-refractivity contribution >= 4 is 23.8 Å². The number of alkyl halides is 9. The summed E-state index contributed by atoms with van der Waals surface area (Å²) in [6.45, 7) is 12.1. The van der Waals surface area contributed by atoms with Gasteiger partial charge in [0.1, 0.15) is 0 Å². The second kappa shape index (κ2) is 18.4. The minimum Gasteiger partial charge on any atom is -0.475 e. The fraction of sp³-hybridized carbons (Fsp3) is 0.710. The second-order valence-corrected chi connectivity index (χ2v) is 12.8. The van der Waals surface area contributed by atoms with E-state index in [1.165, 1.54) is 24.9 Å². The maximum atomic E-state index is 13.7. The van der Waals surface area contributed by atoms with Crippen LogP contribution in [0.1, 0.15) is 44.6 Å². The highest BCUT2D eigenvalue weighted by molar-refractivity contribution is 5.86. The van der Waals surface area contributed by atoms with E-state index >= 15 is 0 Å². The summed E-state index contributed by atoms with van der Waals surface area (Å²) in [5.74, 6) is -7.06. The van der Waals surface area contributed by atoms with Gasteiger partial charge >= 0.3 is 36.4 Å². The maximum Gasteiger partial charge on any atom is 0.490 e. The first-order valence-electron chi connectivity index (χ1n) is 16.1. The summed E-state index contributed by atoms with van der Waals surface area (Å²) in [6, 6.07) is 4.18. The Kier molecular flexibility index (Phi) is 15.7. The average Bonchev–Trinajstić information content (AvgIpc) is 3.54. The van der Waals surface area contributed by atoms with Crippen LogP contribution in [0.25, 0.3) is 0 Å². The van der Waals surface area contributed by atoms with Crippen molar-refractivity contribution < 1.29 is 78.7 Å². The van der Waals surface area contributed by atoms with Gasteiger partial charge in [-0.2, -0.15) is 39.5 Å². The summed E-state index contributed by atoms with van der Waals surface area (Å²) in [4.78, 5) is 52.0. The Bertz CT molecular complexity index is 1280. The molecule has 0 aliphatic carbocycles. The summed E-state index contributed by atoms with van der Waals surface area (Å²) in [7, 11) is 0. The molecule has 0 radical (unpaired) electrons. The first-order valence-corrected chi connectivity index (χ1v) is 16.1. The van der Waals surface area contributed by atoms with Gasteiger partial charge in [0.05, 0.1) is 5.41 Å². The van der Waals surface area contributed by atoms with E-state index in [1.807, 2.05) is 18.5 Å². The van der Waals surface area contributed by atoms with E-state index in [2.05, 4.69) is 32.7 Å². The zero-order valence-electron chi connectivity index (χ0n) is 28.1. The largest absolute Gasteiger partial charge is 0.490 e. The average molecular weight is 769 g/mol. The minimum absolute atomic E-state index is 0.127. The van der Waals surface area contributed by atoms with Crippen molar-refractivity contribution in [1.29, 1.82) is 0 Å². The van der Waals surface area contributed by atoms with Crippen molar-refractivity contribution in [3.63, 3.8) is 0 Å². The number of fused-ring (bicyclic) bond motifs is 1. The molecule has 12 nitrogen and oxygen atoms in total. The Hall–Kier alpha value is -3.72. The van der Waals surface area contributed by atoms with Crippen molar-refractivity contribution in [2.75, 3.05) is 59.0 Å². The number of carbonyl (C=O) groups is 4. The van der Waals surface area contributed by atoms with E-state index in [-0.39, 0.29) is 10.8 Å². The van der Waals surface area contributed by atoms with E-state index in [0.717, 1.165) is 84.2 Å². The molecule has 1 aromatic heterocycles. The van der Waals surface area contributed by atoms with Gasteiger partial charge in [0.2, 0.25) is 5.91 Å². The summed E-state index contributed by atoms with van der Waals surface area (Å²) in [5, 5.41) is 21.4. The van der Waals surface area contributed by atoms with Crippen LogP contribution < -0.4 is 0 Å². The zero-order valence-corrected chi connectivity index (χ0v) is 28.1. The topological polar surface area (TPSA) is 161 Å². The molecule has 4 saturated heterocycles. The molecule has 1 amide bonds. The lowest BCUT2D eigenvalue weighted by Gasteiger charge is -2.47. The smallest absolute Gasteiger partial charge is 0.475 e. The van der Waals surface area contributed by atoms with Gasteiger partial charge in [-0.15, -0.1) is 0 Å². The highest BCUT2D eigenvalue weighted by Gasteiger charge is 2.64. The van der Waals surface area contributed by atoms with Gasteiger partial charge in [0, 0.05) is 70.3 Å². The molecule has 0 aromatic carbocycles. The van der Waals surface area contributed by atoms with Crippen molar-refractivity contribution in [3.05, 3.63) is 30.1 Å². The fourth-order valence-corrected chi connectivity index (χ4v) is 6.92. The van der Waals surface area contributed by atoms with E-state index in [1.54, 1.807) is 0 Å². The van der Waals surface area contributed by atoms with Crippen LogP contribution in [0, 0.1) is 16.7 Å². The lowest BCUT2D eigenvalue weighted by molar-refractivity contribution is -0.193. The number of hydrogen-bond donors (Lipinski definition) is 3. The van der Waals surface area contributed by atoms with Crippen molar-refractivity contribution in [2.45, 2.75) is 64.1 Å². The lowest BCUT2D eigenvalue weighted by atomic mass is 9.60. The van der Waals surface area contributed by atoms with E-state index in [9.17, 15) is 44.3 Å². The summed E-state index contributed by atoms with van der Waals surface area (Å²) < 4.78 is 101. The number of ether oxygens (including phenoxy) is 1. The van der Waals surface area contributed by atoms with Gasteiger partial charge in [-0.3, -0.25) is 14.7 Å². The van der Waals surface area contributed by atoms with Gasteiger partial charge in [0.25, 0.3) is 0 Å². The third kappa shape index (κ3) is 12.5. The van der Waals surface area contributed by atoms with Crippen molar-refractivity contribution in [3.8, 4) is 0 Å². The van der Waals surface area contributed by atoms with Crippen molar-refractivity contribution in [2.24, 2.45) is 16.7 Å². The van der Waals surface area contributed by atoms with Gasteiger partial charge in [0.15, 0.2) is 0 Å². The number of likely N-dealkylation sites (tertiary alicyclic amines) is 3. The summed E-state index contributed by atoms with van der Waals surface area (Å²) >= 11 is 0. The van der Waals surface area contributed by atoms with Crippen LogP contribution in [0.2, 0.25) is 0 Å². The third-order valence-electron chi connectivity index (χ3n) is 9.45. The number of nitrogens with zero attached hydrogens (tertiary/aromatic N) is 4. The van der Waals surface area contributed by atoms with Crippen LogP contribution in [-0.2, 0) is 30.5 Å². The second-order valence-electron chi connectivity index (χ2n) is 12.8. The van der Waals surface area contributed by atoms with E-state index in [0.29, 0.717) is 5.91 Å². The number of hydrogen-bond acceptors (Lipinski definition) is 8. The number of piperidine rings is 1. The van der Waals surface area contributed by atoms with Crippen LogP contribution >= 0.6 is 0 Å². The summed E-state index contributed by atoms with van der Waals surface area (Å²) in [6.07, 6.45) is -5.69. The lowest BCUT2D eigenvalue weighted by Crippen LogP contribution is -2.53. The fourth-order valence-electron chi connectivity index (χ4n) is 6.92. The monoisotopic (exact) mass is 768 g/mol. The van der Waals surface area contributed by atoms with Crippen LogP contribution in [0.5, 0.6) is 0 Å². The predicted molar refractivity (Wildman–Crippen MR) is 162 cm³/mol. The summed E-state index contributed by atoms with van der Waals surface area (Å²) in [5.41, 5.74) is 1.20. The van der Waals surface area contributed by atoms with Gasteiger partial charge < -0.3 is 29.9 Å². The molecule has 0 bridgehead atoms. The van der Waals surface area contributed by atoms with E-state index in [4.69, 9.17) is 34.4 Å². The molecule has 2 spiro atoms. The van der Waals surface area contributed by atoms with Crippen molar-refractivity contribution in [1.82, 2.24) is 19.7 Å². The first-order chi connectivity index (χ1) is 24.0. The first kappa shape index (κ1) is 44.4. The molecule has 296 valence electrons. The number of rotatable bonds is 5. The molecule has 4 aliphatic rings. The zero-order chi connectivity index (χ0) is 39.5. The normalized spacial score (nSPS) is 22.5. The van der Waals surface area contributed by atoms with Gasteiger partial charge in [-0.05, 0) is 69.7 Å². The third-order valence-corrected chi connectivity index (χ3v) is 9.45. The van der Waals surface area contributed by atoms with Crippen LogP contribution in [-0.4, -0.2) is 136 Å². The molecule has 4 fully saturated rings.